The van der Waals surface area contributed by atoms with Gasteiger partial charge in [0.05, 0.1) is 6.10 Å². The number of alkyl halides is 1. The predicted octanol–water partition coefficient (Wildman–Crippen LogP) is 4.91. The van der Waals surface area contributed by atoms with Crippen LogP contribution in [-0.2, 0) is 9.59 Å². The van der Waals surface area contributed by atoms with Gasteiger partial charge in [-0.15, -0.1) is 0 Å². The second-order valence-corrected chi connectivity index (χ2v) is 12.3. The third-order valence-electron chi connectivity index (χ3n) is 10.1. The Bertz CT molecular complexity index is 696. The fourth-order valence-electron chi connectivity index (χ4n) is 8.70. The number of aliphatic hydroxyl groups is 1. The fraction of sp³-hybridized carbons (Fsp3) is 0.920. The average Bonchev–Trinajstić information content (AvgIpc) is 2.99. The second kappa shape index (κ2) is 8.06. The molecule has 0 aromatic rings. The van der Waals surface area contributed by atoms with Gasteiger partial charge >= 0.3 is 0 Å². The molecular formula is C25H40ClNO3. The number of carbonyl (C=O) groups excluding carboxylic acids is 2. The molecule has 0 aliphatic heterocycles. The molecule has 4 aliphatic rings. The summed E-state index contributed by atoms with van der Waals surface area (Å²) in [5.41, 5.74) is 0.0712. The number of fused-ring (bicyclic) bond motifs is 5. The molecule has 0 radical (unpaired) electrons. The van der Waals surface area contributed by atoms with Crippen LogP contribution in [0.15, 0.2) is 0 Å². The maximum atomic E-state index is 12.3. The van der Waals surface area contributed by atoms with Crippen LogP contribution in [-0.4, -0.2) is 28.4 Å². The van der Waals surface area contributed by atoms with Crippen molar-refractivity contribution in [2.75, 3.05) is 0 Å². The van der Waals surface area contributed by atoms with Crippen LogP contribution in [0.3, 0.4) is 0 Å². The molecule has 0 aromatic heterocycles. The molecule has 0 spiro atoms. The van der Waals surface area contributed by atoms with Gasteiger partial charge in [0.25, 0.3) is 0 Å². The van der Waals surface area contributed by atoms with Crippen LogP contribution in [0.2, 0.25) is 0 Å². The van der Waals surface area contributed by atoms with Gasteiger partial charge in [-0.2, -0.15) is 0 Å². The van der Waals surface area contributed by atoms with E-state index in [2.05, 4.69) is 26.1 Å². The minimum Gasteiger partial charge on any atom is -0.393 e. The number of hydrogen-bond acceptors (Lipinski definition) is 3. The van der Waals surface area contributed by atoms with Gasteiger partial charge in [-0.25, -0.2) is 0 Å². The first kappa shape index (κ1) is 22.6. The zero-order chi connectivity index (χ0) is 21.8. The molecule has 5 heteroatoms. The standard InChI is InChI=1S/C25H40ClNO3/c1-14(11-22(30)27-15(2)26)18-5-6-19-23-20(8-10-25(18,19)4)24(3)9-7-17(28)12-16(24)13-21(23)29/h14-16,18-21,23,29H,5-13H2,1-4H3,(H,27,30)/t14-,15?,16+,18-,19+,20+,21-,23+,24+,25-/m1/s1. The number of aliphatic hydroxyl groups excluding tert-OH is 1. The normalized spacial score (nSPS) is 47.6. The number of ketones is 1. The molecule has 30 heavy (non-hydrogen) atoms. The van der Waals surface area contributed by atoms with Crippen LogP contribution < -0.4 is 5.32 Å². The quantitative estimate of drug-likeness (QED) is 0.485. The first-order valence-corrected chi connectivity index (χ1v) is 12.6. The minimum absolute atomic E-state index is 0.0469. The third kappa shape index (κ3) is 3.64. The van der Waals surface area contributed by atoms with Gasteiger partial charge < -0.3 is 10.4 Å². The van der Waals surface area contributed by atoms with Gasteiger partial charge in [0.2, 0.25) is 5.91 Å². The summed E-state index contributed by atoms with van der Waals surface area (Å²) in [4.78, 5) is 24.4. The molecule has 0 saturated heterocycles. The Kier molecular flexibility index (Phi) is 6.07. The lowest BCUT2D eigenvalue weighted by Crippen LogP contribution is -2.58. The van der Waals surface area contributed by atoms with E-state index in [1.807, 2.05) is 0 Å². The predicted molar refractivity (Wildman–Crippen MR) is 119 cm³/mol. The molecule has 0 heterocycles. The van der Waals surface area contributed by atoms with Gasteiger partial charge in [0.1, 0.15) is 11.3 Å². The number of carbonyl (C=O) groups is 2. The fourth-order valence-corrected chi connectivity index (χ4v) is 8.83. The number of hydrogen-bond donors (Lipinski definition) is 2. The largest absolute Gasteiger partial charge is 0.393 e. The molecule has 170 valence electrons. The number of nitrogens with one attached hydrogen (secondary N) is 1. The number of amides is 1. The van der Waals surface area contributed by atoms with Crippen LogP contribution in [0.5, 0.6) is 0 Å². The Morgan fingerprint density at radius 3 is 2.57 bits per heavy atom. The Hall–Kier alpha value is -0.610. The summed E-state index contributed by atoms with van der Waals surface area (Å²) < 4.78 is 0. The van der Waals surface area contributed by atoms with Gasteiger partial charge in [0, 0.05) is 19.3 Å². The van der Waals surface area contributed by atoms with E-state index < -0.39 is 0 Å². The van der Waals surface area contributed by atoms with Crippen LogP contribution in [0.25, 0.3) is 0 Å². The maximum Gasteiger partial charge on any atom is 0.221 e. The van der Waals surface area contributed by atoms with Gasteiger partial charge in [-0.05, 0) is 91.8 Å². The van der Waals surface area contributed by atoms with E-state index in [1.165, 1.54) is 6.42 Å². The summed E-state index contributed by atoms with van der Waals surface area (Å²) in [5, 5.41) is 14.1. The molecule has 0 bridgehead atoms. The minimum atomic E-state index is -0.333. The van der Waals surface area contributed by atoms with Crippen molar-refractivity contribution in [3.63, 3.8) is 0 Å². The number of halogens is 1. The van der Waals surface area contributed by atoms with Crippen molar-refractivity contribution in [2.45, 2.75) is 97.1 Å². The number of Topliss-reactive ketones (excluding diaryl/α,β-unsaturated/α-hetero) is 1. The van der Waals surface area contributed by atoms with Crippen LogP contribution in [0.4, 0.5) is 0 Å². The molecule has 1 amide bonds. The second-order valence-electron chi connectivity index (χ2n) is 11.6. The van der Waals surface area contributed by atoms with Crippen molar-refractivity contribution < 1.29 is 14.7 Å². The molecule has 1 unspecified atom stereocenters. The van der Waals surface area contributed by atoms with Crippen molar-refractivity contribution in [1.29, 1.82) is 0 Å². The van der Waals surface area contributed by atoms with E-state index >= 15 is 0 Å². The topological polar surface area (TPSA) is 66.4 Å². The molecule has 2 N–H and O–H groups in total. The lowest BCUT2D eigenvalue weighted by atomic mass is 9.44. The van der Waals surface area contributed by atoms with Crippen LogP contribution in [0.1, 0.15) is 85.5 Å². The highest BCUT2D eigenvalue weighted by molar-refractivity contribution is 6.21. The molecular weight excluding hydrogens is 398 g/mol. The Labute approximate surface area is 186 Å². The van der Waals surface area contributed by atoms with Gasteiger partial charge in [-0.1, -0.05) is 32.4 Å². The molecule has 10 atom stereocenters. The van der Waals surface area contributed by atoms with E-state index in [-0.39, 0.29) is 28.3 Å². The number of rotatable bonds is 4. The summed E-state index contributed by atoms with van der Waals surface area (Å²) in [7, 11) is 0. The first-order valence-electron chi connectivity index (χ1n) is 12.2. The van der Waals surface area contributed by atoms with Crippen molar-refractivity contribution >= 4 is 23.3 Å². The van der Waals surface area contributed by atoms with E-state index in [0.717, 1.165) is 38.5 Å². The highest BCUT2D eigenvalue weighted by atomic mass is 35.5. The molecule has 4 fully saturated rings. The molecule has 0 aromatic carbocycles. The van der Waals surface area contributed by atoms with Crippen LogP contribution >= 0.6 is 11.6 Å². The molecule has 4 rings (SSSR count). The zero-order valence-electron chi connectivity index (χ0n) is 19.1. The summed E-state index contributed by atoms with van der Waals surface area (Å²) >= 11 is 5.94. The monoisotopic (exact) mass is 437 g/mol. The van der Waals surface area contributed by atoms with E-state index in [9.17, 15) is 14.7 Å². The Balaban J connectivity index is 1.53. The highest BCUT2D eigenvalue weighted by Gasteiger charge is 2.62. The van der Waals surface area contributed by atoms with Gasteiger partial charge in [0.15, 0.2) is 0 Å². The summed E-state index contributed by atoms with van der Waals surface area (Å²) in [5.74, 6) is 3.06. The van der Waals surface area contributed by atoms with Crippen molar-refractivity contribution in [3.8, 4) is 0 Å². The summed E-state index contributed by atoms with van der Waals surface area (Å²) in [6.07, 6.45) is 8.11. The van der Waals surface area contributed by atoms with Crippen LogP contribution in [0, 0.1) is 46.3 Å². The van der Waals surface area contributed by atoms with Crippen molar-refractivity contribution in [3.05, 3.63) is 0 Å². The van der Waals surface area contributed by atoms with E-state index in [4.69, 9.17) is 11.6 Å². The summed E-state index contributed by atoms with van der Waals surface area (Å²) in [6, 6.07) is 0. The van der Waals surface area contributed by atoms with Gasteiger partial charge in [-0.3, -0.25) is 9.59 Å². The molecule has 4 aliphatic carbocycles. The highest BCUT2D eigenvalue weighted by Crippen LogP contribution is 2.68. The lowest BCUT2D eigenvalue weighted by Gasteiger charge is -2.61. The molecule has 4 nitrogen and oxygen atoms in total. The average molecular weight is 438 g/mol. The molecule has 4 saturated carbocycles. The smallest absolute Gasteiger partial charge is 0.221 e. The third-order valence-corrected chi connectivity index (χ3v) is 10.2. The van der Waals surface area contributed by atoms with Crippen molar-refractivity contribution in [2.24, 2.45) is 46.3 Å². The van der Waals surface area contributed by atoms with E-state index in [0.29, 0.717) is 54.1 Å². The van der Waals surface area contributed by atoms with E-state index in [1.54, 1.807) is 6.92 Å². The SMILES string of the molecule is CC(Cl)NC(=O)C[C@@H](C)[C@H]1CC[C@H]2[C@@H]3[C@H](O)C[C@@H]4CC(=O)CC[C@]4(C)[C@H]3CC[C@]12C. The lowest BCUT2D eigenvalue weighted by molar-refractivity contribution is -0.169. The Morgan fingerprint density at radius 2 is 1.87 bits per heavy atom. The first-order chi connectivity index (χ1) is 14.1. The maximum absolute atomic E-state index is 12.3. The Morgan fingerprint density at radius 1 is 1.17 bits per heavy atom. The summed E-state index contributed by atoms with van der Waals surface area (Å²) in [6.45, 7) is 8.87. The zero-order valence-corrected chi connectivity index (χ0v) is 19.9. The van der Waals surface area contributed by atoms with Crippen molar-refractivity contribution in [1.82, 2.24) is 5.32 Å².